The van der Waals surface area contributed by atoms with Gasteiger partial charge < -0.3 is 29.0 Å². The molecule has 4 rings (SSSR count). The first kappa shape index (κ1) is 27.1. The zero-order chi connectivity index (χ0) is 27.4. The van der Waals surface area contributed by atoms with Crippen molar-refractivity contribution in [3.63, 3.8) is 0 Å². The molecule has 0 unspecified atom stereocenters. The Hall–Kier alpha value is -3.94. The Morgan fingerprint density at radius 1 is 0.868 bits per heavy atom. The lowest BCUT2D eigenvalue weighted by atomic mass is 9.71. The summed E-state index contributed by atoms with van der Waals surface area (Å²) in [5.41, 5.74) is 4.24. The minimum absolute atomic E-state index is 0.0225. The van der Waals surface area contributed by atoms with Crippen LogP contribution in [0.25, 0.3) is 0 Å². The Bertz CT molecular complexity index is 1290. The summed E-state index contributed by atoms with van der Waals surface area (Å²) < 4.78 is 27.6. The SMILES string of the molecule is CCOC(=O)C1=C(C)NC2=C(C(=O)C[C@@H](c3ccc(OC)c(OC)c3)C2)[C@@H]1c1ccc(OCC)c(OC)c1. The molecule has 0 spiro atoms. The Kier molecular flexibility index (Phi) is 8.29. The fourth-order valence-corrected chi connectivity index (χ4v) is 5.33. The Labute approximate surface area is 223 Å². The Morgan fingerprint density at radius 3 is 2.16 bits per heavy atom. The molecular formula is C30H35NO7. The van der Waals surface area contributed by atoms with Crippen molar-refractivity contribution < 1.29 is 33.3 Å². The summed E-state index contributed by atoms with van der Waals surface area (Å²) in [4.78, 5) is 27.0. The summed E-state index contributed by atoms with van der Waals surface area (Å²) in [6.07, 6.45) is 0.907. The van der Waals surface area contributed by atoms with Crippen molar-refractivity contribution >= 4 is 11.8 Å². The molecule has 0 aromatic heterocycles. The van der Waals surface area contributed by atoms with Gasteiger partial charge in [0.2, 0.25) is 0 Å². The standard InChI is InChI=1S/C30H35NO7/c1-7-37-24-12-10-19(16-26(24)36-6)28-27(30(33)38-8-2)17(3)31-21-13-20(14-22(32)29(21)28)18-9-11-23(34-4)25(15-18)35-5/h9-12,15-16,20,28,31H,7-8,13-14H2,1-6H3/t20-,28+/m0/s1. The number of carbonyl (C=O) groups excluding carboxylic acids is 2. The molecule has 2 aromatic carbocycles. The molecule has 1 aliphatic carbocycles. The fourth-order valence-electron chi connectivity index (χ4n) is 5.33. The number of dihydropyridines is 1. The quantitative estimate of drug-likeness (QED) is 0.459. The van der Waals surface area contributed by atoms with Crippen LogP contribution in [0.5, 0.6) is 23.0 Å². The smallest absolute Gasteiger partial charge is 0.336 e. The monoisotopic (exact) mass is 521 g/mol. The van der Waals surface area contributed by atoms with Crippen molar-refractivity contribution in [2.24, 2.45) is 0 Å². The van der Waals surface area contributed by atoms with Crippen LogP contribution in [-0.2, 0) is 14.3 Å². The molecule has 202 valence electrons. The topological polar surface area (TPSA) is 92.3 Å². The zero-order valence-electron chi connectivity index (χ0n) is 22.8. The molecule has 0 saturated heterocycles. The van der Waals surface area contributed by atoms with E-state index in [1.165, 1.54) is 0 Å². The van der Waals surface area contributed by atoms with Crippen molar-refractivity contribution in [3.05, 3.63) is 70.1 Å². The molecule has 0 saturated carbocycles. The molecule has 1 heterocycles. The Morgan fingerprint density at radius 2 is 1.50 bits per heavy atom. The van der Waals surface area contributed by atoms with Gasteiger partial charge in [0.15, 0.2) is 28.8 Å². The zero-order valence-corrected chi connectivity index (χ0v) is 22.8. The van der Waals surface area contributed by atoms with E-state index in [0.29, 0.717) is 59.3 Å². The second-order valence-electron chi connectivity index (χ2n) is 9.20. The predicted molar refractivity (Wildman–Crippen MR) is 143 cm³/mol. The highest BCUT2D eigenvalue weighted by molar-refractivity contribution is 6.04. The number of ketones is 1. The maximum Gasteiger partial charge on any atom is 0.336 e. The molecule has 1 N–H and O–H groups in total. The third-order valence-electron chi connectivity index (χ3n) is 7.02. The molecule has 2 atom stereocenters. The van der Waals surface area contributed by atoms with Crippen molar-refractivity contribution in [1.29, 1.82) is 0 Å². The number of benzene rings is 2. The molecule has 0 amide bonds. The van der Waals surface area contributed by atoms with Crippen LogP contribution in [0.3, 0.4) is 0 Å². The maximum absolute atomic E-state index is 13.8. The second kappa shape index (κ2) is 11.6. The molecule has 1 aliphatic heterocycles. The first-order valence-corrected chi connectivity index (χ1v) is 12.8. The van der Waals surface area contributed by atoms with Crippen LogP contribution in [0.4, 0.5) is 0 Å². The van der Waals surface area contributed by atoms with E-state index in [4.69, 9.17) is 23.7 Å². The summed E-state index contributed by atoms with van der Waals surface area (Å²) in [6.45, 7) is 6.23. The first-order valence-electron chi connectivity index (χ1n) is 12.8. The van der Waals surface area contributed by atoms with Crippen molar-refractivity contribution in [2.45, 2.75) is 45.4 Å². The fraction of sp³-hybridized carbons (Fsp3) is 0.400. The average molecular weight is 522 g/mol. The number of hydrogen-bond acceptors (Lipinski definition) is 8. The van der Waals surface area contributed by atoms with Gasteiger partial charge >= 0.3 is 5.97 Å². The summed E-state index contributed by atoms with van der Waals surface area (Å²) in [7, 11) is 4.76. The molecule has 0 bridgehead atoms. The van der Waals surface area contributed by atoms with E-state index in [0.717, 1.165) is 16.8 Å². The van der Waals surface area contributed by atoms with Gasteiger partial charge in [0.25, 0.3) is 0 Å². The van der Waals surface area contributed by atoms with E-state index in [9.17, 15) is 9.59 Å². The van der Waals surface area contributed by atoms with Gasteiger partial charge in [0.05, 0.1) is 40.1 Å². The van der Waals surface area contributed by atoms with E-state index in [-0.39, 0.29) is 18.3 Å². The van der Waals surface area contributed by atoms with Gasteiger partial charge in [0.1, 0.15) is 0 Å². The van der Waals surface area contributed by atoms with E-state index < -0.39 is 11.9 Å². The number of nitrogens with one attached hydrogen (secondary N) is 1. The highest BCUT2D eigenvalue weighted by Gasteiger charge is 2.41. The lowest BCUT2D eigenvalue weighted by molar-refractivity contribution is -0.138. The van der Waals surface area contributed by atoms with Crippen LogP contribution >= 0.6 is 0 Å². The lowest BCUT2D eigenvalue weighted by Crippen LogP contribution is -2.36. The van der Waals surface area contributed by atoms with Gasteiger partial charge in [-0.15, -0.1) is 0 Å². The number of hydrogen-bond donors (Lipinski definition) is 1. The molecule has 38 heavy (non-hydrogen) atoms. The number of rotatable bonds is 9. The van der Waals surface area contributed by atoms with Crippen LogP contribution in [0.15, 0.2) is 58.9 Å². The molecule has 8 heteroatoms. The molecule has 8 nitrogen and oxygen atoms in total. The lowest BCUT2D eigenvalue weighted by Gasteiger charge is -2.37. The number of allylic oxidation sites excluding steroid dienone is 3. The van der Waals surface area contributed by atoms with Gasteiger partial charge in [0, 0.05) is 29.3 Å². The number of methoxy groups -OCH3 is 3. The van der Waals surface area contributed by atoms with Crippen LogP contribution < -0.4 is 24.3 Å². The van der Waals surface area contributed by atoms with Crippen LogP contribution in [-0.4, -0.2) is 46.3 Å². The maximum atomic E-state index is 13.8. The van der Waals surface area contributed by atoms with Crippen LogP contribution in [0, 0.1) is 0 Å². The van der Waals surface area contributed by atoms with E-state index in [1.807, 2.05) is 50.2 Å². The molecule has 0 radical (unpaired) electrons. The van der Waals surface area contributed by atoms with E-state index in [2.05, 4.69) is 5.32 Å². The number of Topliss-reactive ketones (excluding diaryl/α,β-unsaturated/α-hetero) is 1. The summed E-state index contributed by atoms with van der Waals surface area (Å²) in [5, 5.41) is 3.37. The molecule has 0 fully saturated rings. The van der Waals surface area contributed by atoms with Gasteiger partial charge in [-0.25, -0.2) is 4.79 Å². The highest BCUT2D eigenvalue weighted by Crippen LogP contribution is 2.47. The van der Waals surface area contributed by atoms with E-state index >= 15 is 0 Å². The Balaban J connectivity index is 1.80. The minimum atomic E-state index is -0.589. The van der Waals surface area contributed by atoms with Crippen LogP contribution in [0.1, 0.15) is 56.6 Å². The third kappa shape index (κ3) is 5.08. The average Bonchev–Trinajstić information content (AvgIpc) is 2.92. The van der Waals surface area contributed by atoms with Crippen LogP contribution in [0.2, 0.25) is 0 Å². The van der Waals surface area contributed by atoms with Gasteiger partial charge in [-0.3, -0.25) is 4.79 Å². The third-order valence-corrected chi connectivity index (χ3v) is 7.02. The predicted octanol–water partition coefficient (Wildman–Crippen LogP) is 5.04. The van der Waals surface area contributed by atoms with E-state index in [1.54, 1.807) is 28.3 Å². The molecule has 2 aliphatic rings. The minimum Gasteiger partial charge on any atom is -0.493 e. The second-order valence-corrected chi connectivity index (χ2v) is 9.20. The largest absolute Gasteiger partial charge is 0.493 e. The number of ether oxygens (including phenoxy) is 5. The summed E-state index contributed by atoms with van der Waals surface area (Å²) in [5.74, 6) is 1.28. The van der Waals surface area contributed by atoms with Gasteiger partial charge in [-0.2, -0.15) is 0 Å². The summed E-state index contributed by atoms with van der Waals surface area (Å²) >= 11 is 0. The normalized spacial score (nSPS) is 18.9. The molecular weight excluding hydrogens is 486 g/mol. The van der Waals surface area contributed by atoms with Crippen molar-refractivity contribution in [3.8, 4) is 23.0 Å². The van der Waals surface area contributed by atoms with Crippen molar-refractivity contribution in [1.82, 2.24) is 5.32 Å². The number of carbonyl (C=O) groups is 2. The summed E-state index contributed by atoms with van der Waals surface area (Å²) in [6, 6.07) is 11.3. The van der Waals surface area contributed by atoms with Crippen molar-refractivity contribution in [2.75, 3.05) is 34.5 Å². The molecule has 2 aromatic rings. The van der Waals surface area contributed by atoms with Gasteiger partial charge in [-0.1, -0.05) is 12.1 Å². The van der Waals surface area contributed by atoms with Gasteiger partial charge in [-0.05, 0) is 68.5 Å². The first-order chi connectivity index (χ1) is 18.4. The number of esters is 1. The highest BCUT2D eigenvalue weighted by atomic mass is 16.5.